The molecule has 0 aromatic rings. The van der Waals surface area contributed by atoms with E-state index in [1.54, 1.807) is 0 Å². The lowest BCUT2D eigenvalue weighted by Crippen LogP contribution is -2.46. The lowest BCUT2D eigenvalue weighted by molar-refractivity contribution is 0.129. The van der Waals surface area contributed by atoms with Crippen molar-refractivity contribution in [2.24, 2.45) is 11.5 Å². The molecule has 0 spiro atoms. The lowest BCUT2D eigenvalue weighted by atomic mass is 10.1. The van der Waals surface area contributed by atoms with Gasteiger partial charge < -0.3 is 21.3 Å². The first kappa shape index (κ1) is 23.9. The number of nitrogens with two attached hydrogens (primary N) is 2. The predicted octanol–water partition coefficient (Wildman–Crippen LogP) is 3.98. The van der Waals surface area contributed by atoms with E-state index in [0.29, 0.717) is 0 Å². The summed E-state index contributed by atoms with van der Waals surface area (Å²) in [5, 5.41) is 0. The van der Waals surface area contributed by atoms with Crippen molar-refractivity contribution in [3.8, 4) is 0 Å². The van der Waals surface area contributed by atoms with E-state index in [9.17, 15) is 0 Å². The SMILES string of the molecule is NCCCCCCCCCN1CCN(CCCCCCCCCN)CC1. The number of unbranched alkanes of at least 4 members (excludes halogenated alkanes) is 12. The Bertz CT molecular complexity index is 249. The van der Waals surface area contributed by atoms with Crippen LogP contribution in [0.25, 0.3) is 0 Å². The van der Waals surface area contributed by atoms with Crippen LogP contribution < -0.4 is 11.5 Å². The zero-order valence-corrected chi connectivity index (χ0v) is 17.6. The van der Waals surface area contributed by atoms with Crippen LogP contribution in [0.3, 0.4) is 0 Å². The van der Waals surface area contributed by atoms with Gasteiger partial charge in [-0.15, -0.1) is 0 Å². The molecule has 26 heavy (non-hydrogen) atoms. The molecule has 0 atom stereocenters. The predicted molar refractivity (Wildman–Crippen MR) is 116 cm³/mol. The Kier molecular flexibility index (Phi) is 16.7. The quantitative estimate of drug-likeness (QED) is 0.359. The van der Waals surface area contributed by atoms with Crippen LogP contribution in [-0.2, 0) is 0 Å². The first-order valence-electron chi connectivity index (χ1n) is 11.7. The molecule has 0 radical (unpaired) electrons. The first-order chi connectivity index (χ1) is 12.9. The molecule has 0 aromatic carbocycles. The number of hydrogen-bond donors (Lipinski definition) is 2. The third kappa shape index (κ3) is 14.0. The van der Waals surface area contributed by atoms with E-state index < -0.39 is 0 Å². The molecule has 0 aliphatic carbocycles. The van der Waals surface area contributed by atoms with Crippen LogP contribution in [0.2, 0.25) is 0 Å². The standard InChI is InChI=1S/C22H48N4/c23-15-11-7-3-1-5-9-13-17-25-19-21-26(22-20-25)18-14-10-6-2-4-8-12-16-24/h1-24H2. The van der Waals surface area contributed by atoms with Crippen LogP contribution in [-0.4, -0.2) is 62.2 Å². The van der Waals surface area contributed by atoms with Crippen LogP contribution in [0.5, 0.6) is 0 Å². The van der Waals surface area contributed by atoms with Crippen LogP contribution in [0.4, 0.5) is 0 Å². The Balaban J connectivity index is 1.83. The number of nitrogens with zero attached hydrogens (tertiary/aromatic N) is 2. The molecule has 1 saturated heterocycles. The Labute approximate surface area is 164 Å². The molecular formula is C22H48N4. The van der Waals surface area contributed by atoms with Gasteiger partial charge in [-0.1, -0.05) is 64.2 Å². The summed E-state index contributed by atoms with van der Waals surface area (Å²) in [7, 11) is 0. The van der Waals surface area contributed by atoms with Gasteiger partial charge in [0.05, 0.1) is 0 Å². The monoisotopic (exact) mass is 368 g/mol. The highest BCUT2D eigenvalue weighted by Crippen LogP contribution is 2.11. The highest BCUT2D eigenvalue weighted by molar-refractivity contribution is 4.71. The molecule has 0 unspecified atom stereocenters. The topological polar surface area (TPSA) is 58.5 Å². The van der Waals surface area contributed by atoms with E-state index in [1.165, 1.54) is 129 Å². The lowest BCUT2D eigenvalue weighted by Gasteiger charge is -2.34. The minimum atomic E-state index is 0.862. The summed E-state index contributed by atoms with van der Waals surface area (Å²) in [6, 6.07) is 0. The zero-order valence-electron chi connectivity index (χ0n) is 17.6. The molecule has 0 saturated carbocycles. The third-order valence-electron chi connectivity index (χ3n) is 5.82. The summed E-state index contributed by atoms with van der Waals surface area (Å²) in [6.45, 7) is 9.51. The van der Waals surface area contributed by atoms with Crippen molar-refractivity contribution in [2.75, 3.05) is 52.4 Å². The van der Waals surface area contributed by atoms with Crippen LogP contribution in [0.15, 0.2) is 0 Å². The van der Waals surface area contributed by atoms with Gasteiger partial charge in [-0.2, -0.15) is 0 Å². The Hall–Kier alpha value is -0.160. The fourth-order valence-corrected chi connectivity index (χ4v) is 3.96. The fourth-order valence-electron chi connectivity index (χ4n) is 3.96. The summed E-state index contributed by atoms with van der Waals surface area (Å²) in [5.41, 5.74) is 11.1. The minimum absolute atomic E-state index is 0.862. The second-order valence-corrected chi connectivity index (χ2v) is 8.21. The average Bonchev–Trinajstić information content (AvgIpc) is 2.67. The molecule has 0 bridgehead atoms. The van der Waals surface area contributed by atoms with Crippen molar-refractivity contribution >= 4 is 0 Å². The molecule has 1 fully saturated rings. The first-order valence-corrected chi connectivity index (χ1v) is 11.7. The molecule has 1 rings (SSSR count). The average molecular weight is 369 g/mol. The van der Waals surface area contributed by atoms with Gasteiger partial charge in [0.2, 0.25) is 0 Å². The van der Waals surface area contributed by atoms with Gasteiger partial charge in [0.15, 0.2) is 0 Å². The Morgan fingerprint density at radius 2 is 0.654 bits per heavy atom. The van der Waals surface area contributed by atoms with Gasteiger partial charge in [-0.05, 0) is 51.9 Å². The molecule has 1 aliphatic heterocycles. The van der Waals surface area contributed by atoms with Crippen molar-refractivity contribution in [1.29, 1.82) is 0 Å². The number of rotatable bonds is 18. The highest BCUT2D eigenvalue weighted by Gasteiger charge is 2.15. The maximum Gasteiger partial charge on any atom is 0.0110 e. The molecule has 156 valence electrons. The summed E-state index contributed by atoms with van der Waals surface area (Å²) in [4.78, 5) is 5.37. The van der Waals surface area contributed by atoms with Crippen LogP contribution >= 0.6 is 0 Å². The maximum absolute atomic E-state index is 5.53. The van der Waals surface area contributed by atoms with Crippen LogP contribution in [0.1, 0.15) is 89.9 Å². The van der Waals surface area contributed by atoms with Crippen molar-refractivity contribution in [1.82, 2.24) is 9.80 Å². The minimum Gasteiger partial charge on any atom is -0.330 e. The maximum atomic E-state index is 5.53. The van der Waals surface area contributed by atoms with E-state index >= 15 is 0 Å². The van der Waals surface area contributed by atoms with Gasteiger partial charge in [-0.25, -0.2) is 0 Å². The van der Waals surface area contributed by atoms with Crippen molar-refractivity contribution in [2.45, 2.75) is 89.9 Å². The summed E-state index contributed by atoms with van der Waals surface area (Å²) < 4.78 is 0. The van der Waals surface area contributed by atoms with Gasteiger partial charge >= 0.3 is 0 Å². The van der Waals surface area contributed by atoms with E-state index in [2.05, 4.69) is 9.80 Å². The zero-order chi connectivity index (χ0) is 18.7. The molecule has 4 heteroatoms. The summed E-state index contributed by atoms with van der Waals surface area (Å²) in [6.07, 6.45) is 19.1. The largest absolute Gasteiger partial charge is 0.330 e. The van der Waals surface area contributed by atoms with Crippen molar-refractivity contribution in [3.63, 3.8) is 0 Å². The van der Waals surface area contributed by atoms with E-state index in [0.717, 1.165) is 13.1 Å². The van der Waals surface area contributed by atoms with Gasteiger partial charge in [-0.3, -0.25) is 0 Å². The molecule has 1 aliphatic rings. The van der Waals surface area contributed by atoms with Gasteiger partial charge in [0.1, 0.15) is 0 Å². The fraction of sp³-hybridized carbons (Fsp3) is 1.00. The smallest absolute Gasteiger partial charge is 0.0110 e. The van der Waals surface area contributed by atoms with Gasteiger partial charge in [0.25, 0.3) is 0 Å². The third-order valence-corrected chi connectivity index (χ3v) is 5.82. The molecule has 4 N–H and O–H groups in total. The Morgan fingerprint density at radius 1 is 0.385 bits per heavy atom. The van der Waals surface area contributed by atoms with E-state index in [1.807, 2.05) is 0 Å². The molecule has 4 nitrogen and oxygen atoms in total. The summed E-state index contributed by atoms with van der Waals surface area (Å²) >= 11 is 0. The number of piperazine rings is 1. The van der Waals surface area contributed by atoms with E-state index in [-0.39, 0.29) is 0 Å². The Morgan fingerprint density at radius 3 is 0.962 bits per heavy atom. The van der Waals surface area contributed by atoms with Crippen molar-refractivity contribution < 1.29 is 0 Å². The second kappa shape index (κ2) is 18.2. The van der Waals surface area contributed by atoms with Gasteiger partial charge in [0, 0.05) is 26.2 Å². The second-order valence-electron chi connectivity index (χ2n) is 8.21. The molecule has 0 aromatic heterocycles. The van der Waals surface area contributed by atoms with E-state index in [4.69, 9.17) is 11.5 Å². The molecule has 1 heterocycles. The molecular weight excluding hydrogens is 320 g/mol. The number of hydrogen-bond acceptors (Lipinski definition) is 4. The summed E-state index contributed by atoms with van der Waals surface area (Å²) in [5.74, 6) is 0. The molecule has 0 amide bonds. The van der Waals surface area contributed by atoms with Crippen molar-refractivity contribution in [3.05, 3.63) is 0 Å². The normalized spacial score (nSPS) is 16.4. The van der Waals surface area contributed by atoms with Crippen LogP contribution in [0, 0.1) is 0 Å². The highest BCUT2D eigenvalue weighted by atomic mass is 15.3.